The topological polar surface area (TPSA) is 12.9 Å². The van der Waals surface area contributed by atoms with E-state index in [9.17, 15) is 0 Å². The first-order valence-corrected chi connectivity index (χ1v) is 7.09. The van der Waals surface area contributed by atoms with Crippen LogP contribution >= 0.6 is 15.9 Å². The van der Waals surface area contributed by atoms with Crippen LogP contribution in [0.15, 0.2) is 31.6 Å². The number of nitrogens with zero attached hydrogens (tertiary/aromatic N) is 1. The molecule has 1 heterocycles. The second kappa shape index (κ2) is 12.3. The Hall–Kier alpha value is -1.15. The summed E-state index contributed by atoms with van der Waals surface area (Å²) in [5, 5.41) is 0. The molecule has 0 radical (unpaired) electrons. The molecule has 2 heteroatoms. The molecule has 100 valence electrons. The van der Waals surface area contributed by atoms with E-state index in [0.717, 1.165) is 21.2 Å². The number of rotatable bonds is 3. The highest BCUT2D eigenvalue weighted by atomic mass is 79.9. The predicted octanol–water partition coefficient (Wildman–Crippen LogP) is 6.18. The Morgan fingerprint density at radius 1 is 1.06 bits per heavy atom. The summed E-state index contributed by atoms with van der Waals surface area (Å²) in [6.07, 6.45) is 9.16. The van der Waals surface area contributed by atoms with Gasteiger partial charge in [0.15, 0.2) is 0 Å². The molecule has 0 atom stereocenters. The van der Waals surface area contributed by atoms with Gasteiger partial charge in [-0.1, -0.05) is 75.0 Å². The summed E-state index contributed by atoms with van der Waals surface area (Å²) in [4.78, 5) is 4.11. The summed E-state index contributed by atoms with van der Waals surface area (Å²) in [6, 6.07) is 0. The molecule has 0 N–H and O–H groups in total. The van der Waals surface area contributed by atoms with E-state index >= 15 is 0 Å². The highest BCUT2D eigenvalue weighted by molar-refractivity contribution is 9.15. The third-order valence-corrected chi connectivity index (χ3v) is 2.79. The molecule has 1 nitrogen and oxygen atoms in total. The van der Waals surface area contributed by atoms with E-state index < -0.39 is 0 Å². The van der Waals surface area contributed by atoms with Gasteiger partial charge < -0.3 is 0 Å². The average molecular weight is 310 g/mol. The Balaban J connectivity index is 0. The Bertz CT molecular complexity index is 366. The van der Waals surface area contributed by atoms with Crippen LogP contribution in [0.2, 0.25) is 0 Å². The highest BCUT2D eigenvalue weighted by Gasteiger charge is 2.06. The fourth-order valence-corrected chi connectivity index (χ4v) is 1.68. The van der Waals surface area contributed by atoms with Crippen LogP contribution in [-0.4, -0.2) is 4.98 Å². The summed E-state index contributed by atoms with van der Waals surface area (Å²) >= 11 is 3.51. The molecular weight excluding hydrogens is 286 g/mol. The minimum atomic E-state index is 1.01. The third-order valence-electron chi connectivity index (χ3n) is 1.94. The van der Waals surface area contributed by atoms with Gasteiger partial charge in [-0.05, 0) is 6.92 Å². The van der Waals surface area contributed by atoms with Crippen molar-refractivity contribution in [2.75, 3.05) is 0 Å². The van der Waals surface area contributed by atoms with Gasteiger partial charge in [-0.15, -0.1) is 0 Å². The predicted molar refractivity (Wildman–Crippen MR) is 89.7 cm³/mol. The van der Waals surface area contributed by atoms with Crippen LogP contribution in [0.3, 0.4) is 0 Å². The van der Waals surface area contributed by atoms with Gasteiger partial charge in [-0.3, -0.25) is 4.98 Å². The second-order valence-electron chi connectivity index (χ2n) is 2.74. The van der Waals surface area contributed by atoms with Gasteiger partial charge >= 0.3 is 0 Å². The maximum atomic E-state index is 4.11. The molecule has 0 saturated heterocycles. The summed E-state index contributed by atoms with van der Waals surface area (Å²) < 4.78 is 1.03. The lowest BCUT2D eigenvalue weighted by Crippen LogP contribution is -1.90. The van der Waals surface area contributed by atoms with Gasteiger partial charge in [-0.2, -0.15) is 0 Å². The maximum absolute atomic E-state index is 4.11. The summed E-state index contributed by atoms with van der Waals surface area (Å²) in [5.74, 6) is 0. The van der Waals surface area contributed by atoms with Gasteiger partial charge in [0.1, 0.15) is 0 Å². The zero-order chi connectivity index (χ0) is 14.6. The smallest absolute Gasteiger partial charge is 0.0347 e. The van der Waals surface area contributed by atoms with Gasteiger partial charge in [0.2, 0.25) is 0 Å². The van der Waals surface area contributed by atoms with Crippen molar-refractivity contribution < 1.29 is 0 Å². The van der Waals surface area contributed by atoms with Crippen LogP contribution < -0.4 is 0 Å². The normalized spacial score (nSPS) is 9.33. The van der Waals surface area contributed by atoms with E-state index in [2.05, 4.69) is 34.1 Å². The molecular formula is C16H24BrN. The molecule has 0 aliphatic rings. The van der Waals surface area contributed by atoms with E-state index in [4.69, 9.17) is 0 Å². The van der Waals surface area contributed by atoms with Crippen LogP contribution in [0, 0.1) is 0 Å². The van der Waals surface area contributed by atoms with Crippen LogP contribution in [-0.2, 0) is 0 Å². The zero-order valence-corrected chi connectivity index (χ0v) is 13.7. The quantitative estimate of drug-likeness (QED) is 0.650. The third kappa shape index (κ3) is 5.46. The van der Waals surface area contributed by atoms with Crippen molar-refractivity contribution in [1.82, 2.24) is 4.98 Å². The molecule has 0 unspecified atom stereocenters. The number of hydrogen-bond donors (Lipinski definition) is 0. The van der Waals surface area contributed by atoms with Crippen molar-refractivity contribution in [2.45, 2.75) is 34.6 Å². The fourth-order valence-electron chi connectivity index (χ4n) is 1.22. The number of pyridine rings is 1. The molecule has 0 bridgehead atoms. The van der Waals surface area contributed by atoms with Crippen molar-refractivity contribution in [3.05, 3.63) is 48.3 Å². The Kier molecular flexibility index (Phi) is 13.1. The van der Waals surface area contributed by atoms with E-state index in [-0.39, 0.29) is 0 Å². The summed E-state index contributed by atoms with van der Waals surface area (Å²) in [5.41, 5.74) is 3.10. The molecule has 0 fully saturated rings. The second-order valence-corrected chi connectivity index (χ2v) is 3.59. The number of allylic oxidation sites excluding steroid dienone is 1. The summed E-state index contributed by atoms with van der Waals surface area (Å²) in [6.45, 7) is 17.5. The molecule has 1 rings (SSSR count). The first kappa shape index (κ1) is 19.2. The first-order valence-electron chi connectivity index (χ1n) is 6.29. The van der Waals surface area contributed by atoms with Crippen molar-refractivity contribution in [3.63, 3.8) is 0 Å². The largest absolute Gasteiger partial charge is 0.263 e. The van der Waals surface area contributed by atoms with E-state index in [1.165, 1.54) is 0 Å². The lowest BCUT2D eigenvalue weighted by Gasteiger charge is -2.08. The molecule has 18 heavy (non-hydrogen) atoms. The van der Waals surface area contributed by atoms with Gasteiger partial charge in [0.05, 0.1) is 0 Å². The van der Waals surface area contributed by atoms with Gasteiger partial charge in [-0.25, -0.2) is 0 Å². The minimum absolute atomic E-state index is 1.01. The van der Waals surface area contributed by atoms with Gasteiger partial charge in [0.25, 0.3) is 0 Å². The van der Waals surface area contributed by atoms with Crippen molar-refractivity contribution >= 4 is 32.6 Å². The lowest BCUT2D eigenvalue weighted by atomic mass is 10.0. The Morgan fingerprint density at radius 2 is 1.44 bits per heavy atom. The van der Waals surface area contributed by atoms with Crippen molar-refractivity contribution in [1.29, 1.82) is 0 Å². The molecule has 0 saturated carbocycles. The van der Waals surface area contributed by atoms with Crippen molar-refractivity contribution in [2.24, 2.45) is 0 Å². The minimum Gasteiger partial charge on any atom is -0.263 e. The number of hydrogen-bond acceptors (Lipinski definition) is 1. The average Bonchev–Trinajstić information content (AvgIpc) is 2.49. The standard InChI is InChI=1S/C12H12BrN.2C2H6/c1-4-9-7-14-8-10(5-2)12(9)11(13)6-3;2*1-2/h4-8H,1-2H2,3H3;2*1-2H3/b11-6+;;. The monoisotopic (exact) mass is 309 g/mol. The van der Waals surface area contributed by atoms with Crippen molar-refractivity contribution in [3.8, 4) is 0 Å². The Morgan fingerprint density at radius 3 is 1.72 bits per heavy atom. The molecule has 1 aromatic rings. The highest BCUT2D eigenvalue weighted by Crippen LogP contribution is 2.28. The van der Waals surface area contributed by atoms with Crippen LogP contribution in [0.1, 0.15) is 51.3 Å². The van der Waals surface area contributed by atoms with E-state index in [0.29, 0.717) is 0 Å². The molecule has 1 aromatic heterocycles. The Labute approximate surface area is 120 Å². The van der Waals surface area contributed by atoms with E-state index in [1.54, 1.807) is 24.5 Å². The molecule has 0 aliphatic heterocycles. The zero-order valence-electron chi connectivity index (χ0n) is 12.1. The SMILES string of the molecule is C=Cc1cncc(C=C)c1/C(Br)=C\C.CC.CC. The molecule has 0 spiro atoms. The fraction of sp³-hybridized carbons (Fsp3) is 0.312. The maximum Gasteiger partial charge on any atom is 0.0347 e. The molecule has 0 aromatic carbocycles. The number of halogens is 1. The van der Waals surface area contributed by atoms with Gasteiger partial charge in [0, 0.05) is 33.6 Å². The lowest BCUT2D eigenvalue weighted by molar-refractivity contribution is 1.29. The first-order chi connectivity index (χ1) is 8.74. The summed E-state index contributed by atoms with van der Waals surface area (Å²) in [7, 11) is 0. The van der Waals surface area contributed by atoms with E-state index in [1.807, 2.05) is 40.7 Å². The number of aromatic nitrogens is 1. The van der Waals surface area contributed by atoms with Crippen LogP contribution in [0.25, 0.3) is 16.6 Å². The van der Waals surface area contributed by atoms with Crippen LogP contribution in [0.4, 0.5) is 0 Å². The molecule has 0 amide bonds. The molecule has 0 aliphatic carbocycles. The van der Waals surface area contributed by atoms with Crippen LogP contribution in [0.5, 0.6) is 0 Å².